The number of furan rings is 1. The van der Waals surface area contributed by atoms with Crippen LogP contribution in [0.25, 0.3) is 27.6 Å². The maximum absolute atomic E-state index is 13.1. The van der Waals surface area contributed by atoms with E-state index in [1.54, 1.807) is 36.4 Å². The zero-order valence-corrected chi connectivity index (χ0v) is 12.1. The van der Waals surface area contributed by atoms with Gasteiger partial charge in [0.1, 0.15) is 5.69 Å². The molecule has 0 spiro atoms. The quantitative estimate of drug-likeness (QED) is 0.384. The number of aromatic nitrogens is 2. The molecule has 0 aliphatic carbocycles. The molecular weight excluding hydrogens is 323 g/mol. The maximum atomic E-state index is 13.1. The Labute approximate surface area is 133 Å². The second kappa shape index (κ2) is 6.13. The Morgan fingerprint density at radius 3 is 2.67 bits per heavy atom. The van der Waals surface area contributed by atoms with Crippen LogP contribution in [0.15, 0.2) is 58.3 Å². The van der Waals surface area contributed by atoms with Crippen molar-refractivity contribution in [1.29, 1.82) is 0 Å². The highest BCUT2D eigenvalue weighted by molar-refractivity contribution is 5.58. The molecule has 0 bridgehead atoms. The fourth-order valence-electron chi connectivity index (χ4n) is 2.26. The van der Waals surface area contributed by atoms with E-state index in [0.29, 0.717) is 11.3 Å². The molecule has 24 heavy (non-hydrogen) atoms. The SMILES string of the molecule is [N-]=[N+]=NCc1ccccc1-n1nc(C(F)(F)F)cc1-c1ccco1. The van der Waals surface area contributed by atoms with Gasteiger partial charge in [0.05, 0.1) is 18.5 Å². The summed E-state index contributed by atoms with van der Waals surface area (Å²) in [6, 6.07) is 10.7. The van der Waals surface area contributed by atoms with Crippen molar-refractivity contribution in [3.63, 3.8) is 0 Å². The fourth-order valence-corrected chi connectivity index (χ4v) is 2.26. The van der Waals surface area contributed by atoms with Gasteiger partial charge in [0.2, 0.25) is 0 Å². The van der Waals surface area contributed by atoms with Gasteiger partial charge < -0.3 is 4.42 Å². The molecule has 9 heteroatoms. The van der Waals surface area contributed by atoms with E-state index in [0.717, 1.165) is 10.7 Å². The number of rotatable bonds is 4. The summed E-state index contributed by atoms with van der Waals surface area (Å²) in [5, 5.41) is 7.14. The Morgan fingerprint density at radius 1 is 1.21 bits per heavy atom. The van der Waals surface area contributed by atoms with Crippen molar-refractivity contribution in [3.05, 3.63) is 70.4 Å². The third kappa shape index (κ3) is 2.97. The first kappa shape index (κ1) is 15.7. The lowest BCUT2D eigenvalue weighted by molar-refractivity contribution is -0.141. The molecule has 3 aromatic rings. The predicted molar refractivity (Wildman–Crippen MR) is 79.1 cm³/mol. The lowest BCUT2D eigenvalue weighted by atomic mass is 10.1. The molecule has 0 saturated carbocycles. The lowest BCUT2D eigenvalue weighted by Crippen LogP contribution is -2.08. The minimum Gasteiger partial charge on any atom is -0.463 e. The van der Waals surface area contributed by atoms with Crippen LogP contribution in [0.3, 0.4) is 0 Å². The number of nitrogens with zero attached hydrogens (tertiary/aromatic N) is 5. The number of hydrogen-bond acceptors (Lipinski definition) is 3. The molecule has 1 aromatic carbocycles. The molecule has 0 atom stereocenters. The van der Waals surface area contributed by atoms with Gasteiger partial charge in [-0.25, -0.2) is 4.68 Å². The Hall–Kier alpha value is -3.19. The van der Waals surface area contributed by atoms with Gasteiger partial charge in [-0.1, -0.05) is 23.3 Å². The van der Waals surface area contributed by atoms with E-state index in [1.165, 1.54) is 6.26 Å². The largest absolute Gasteiger partial charge is 0.463 e. The van der Waals surface area contributed by atoms with E-state index in [-0.39, 0.29) is 18.0 Å². The van der Waals surface area contributed by atoms with Crippen LogP contribution in [-0.4, -0.2) is 9.78 Å². The van der Waals surface area contributed by atoms with E-state index in [9.17, 15) is 13.2 Å². The highest BCUT2D eigenvalue weighted by atomic mass is 19.4. The number of azide groups is 1. The van der Waals surface area contributed by atoms with Crippen LogP contribution in [0.1, 0.15) is 11.3 Å². The Balaban J connectivity index is 2.21. The molecule has 0 radical (unpaired) electrons. The predicted octanol–water partition coefficient (Wildman–Crippen LogP) is 4.96. The lowest BCUT2D eigenvalue weighted by Gasteiger charge is -2.10. The average molecular weight is 333 g/mol. The first-order chi connectivity index (χ1) is 11.5. The minimum absolute atomic E-state index is 0.00845. The van der Waals surface area contributed by atoms with Crippen LogP contribution in [0.4, 0.5) is 13.2 Å². The molecule has 0 amide bonds. The van der Waals surface area contributed by atoms with Gasteiger partial charge in [0.25, 0.3) is 0 Å². The molecule has 0 saturated heterocycles. The van der Waals surface area contributed by atoms with Crippen molar-refractivity contribution in [3.8, 4) is 17.1 Å². The van der Waals surface area contributed by atoms with E-state index in [2.05, 4.69) is 15.1 Å². The van der Waals surface area contributed by atoms with Gasteiger partial charge in [-0.2, -0.15) is 18.3 Å². The van der Waals surface area contributed by atoms with E-state index >= 15 is 0 Å². The first-order valence-electron chi connectivity index (χ1n) is 6.81. The second-order valence-electron chi connectivity index (χ2n) is 4.82. The van der Waals surface area contributed by atoms with Crippen LogP contribution in [0, 0.1) is 0 Å². The van der Waals surface area contributed by atoms with Crippen LogP contribution >= 0.6 is 0 Å². The van der Waals surface area contributed by atoms with Gasteiger partial charge in [0, 0.05) is 11.0 Å². The highest BCUT2D eigenvalue weighted by Gasteiger charge is 2.35. The normalized spacial score (nSPS) is 11.3. The Bertz CT molecular complexity index is 892. The zero-order chi connectivity index (χ0) is 17.2. The highest BCUT2D eigenvalue weighted by Crippen LogP contribution is 2.34. The number of halogens is 3. The topological polar surface area (TPSA) is 79.7 Å². The third-order valence-electron chi connectivity index (χ3n) is 3.30. The van der Waals surface area contributed by atoms with Crippen molar-refractivity contribution < 1.29 is 17.6 Å². The molecule has 0 aliphatic rings. The summed E-state index contributed by atoms with van der Waals surface area (Å²) in [6.07, 6.45) is -3.22. The molecule has 0 fully saturated rings. The Morgan fingerprint density at radius 2 is 2.00 bits per heavy atom. The molecule has 2 aromatic heterocycles. The summed E-state index contributed by atoms with van der Waals surface area (Å²) in [5.74, 6) is 0.247. The third-order valence-corrected chi connectivity index (χ3v) is 3.30. The maximum Gasteiger partial charge on any atom is 0.435 e. The summed E-state index contributed by atoms with van der Waals surface area (Å²) >= 11 is 0. The molecule has 0 aliphatic heterocycles. The van der Waals surface area contributed by atoms with Crippen molar-refractivity contribution in [2.45, 2.75) is 12.7 Å². The molecule has 0 N–H and O–H groups in total. The monoisotopic (exact) mass is 333 g/mol. The number of benzene rings is 1. The second-order valence-corrected chi connectivity index (χ2v) is 4.82. The van der Waals surface area contributed by atoms with E-state index in [1.807, 2.05) is 0 Å². The van der Waals surface area contributed by atoms with Crippen LogP contribution in [-0.2, 0) is 12.7 Å². The summed E-state index contributed by atoms with van der Waals surface area (Å²) in [6.45, 7) is -0.00845. The summed E-state index contributed by atoms with van der Waals surface area (Å²) in [5.41, 5.74) is 8.52. The van der Waals surface area contributed by atoms with Crippen molar-refractivity contribution >= 4 is 0 Å². The number of alkyl halides is 3. The first-order valence-corrected chi connectivity index (χ1v) is 6.81. The molecular formula is C15H10F3N5O. The van der Waals surface area contributed by atoms with Crippen molar-refractivity contribution in [2.75, 3.05) is 0 Å². The zero-order valence-electron chi connectivity index (χ0n) is 12.1. The number of para-hydroxylation sites is 1. The summed E-state index contributed by atoms with van der Waals surface area (Å²) in [7, 11) is 0. The van der Waals surface area contributed by atoms with Crippen molar-refractivity contribution in [1.82, 2.24) is 9.78 Å². The van der Waals surface area contributed by atoms with Crippen LogP contribution < -0.4 is 0 Å². The molecule has 0 unspecified atom stereocenters. The Kier molecular flexibility index (Phi) is 4.01. The van der Waals surface area contributed by atoms with Crippen molar-refractivity contribution in [2.24, 2.45) is 5.11 Å². The summed E-state index contributed by atoms with van der Waals surface area (Å²) < 4.78 is 45.6. The van der Waals surface area contributed by atoms with E-state index in [4.69, 9.17) is 9.95 Å². The van der Waals surface area contributed by atoms with Gasteiger partial charge in [-0.05, 0) is 29.3 Å². The standard InChI is InChI=1S/C15H10F3N5O/c16-15(17,18)14-8-12(13-6-3-7-24-13)23(21-14)11-5-2-1-4-10(11)9-20-22-19/h1-8H,9H2. The van der Waals surface area contributed by atoms with Crippen LogP contribution in [0.5, 0.6) is 0 Å². The van der Waals surface area contributed by atoms with Crippen LogP contribution in [0.2, 0.25) is 0 Å². The number of hydrogen-bond donors (Lipinski definition) is 0. The van der Waals surface area contributed by atoms with Gasteiger partial charge in [0.15, 0.2) is 11.5 Å². The fraction of sp³-hybridized carbons (Fsp3) is 0.133. The summed E-state index contributed by atoms with van der Waals surface area (Å²) in [4.78, 5) is 2.68. The van der Waals surface area contributed by atoms with Gasteiger partial charge in [-0.15, -0.1) is 0 Å². The average Bonchev–Trinajstić information content (AvgIpc) is 3.21. The smallest absolute Gasteiger partial charge is 0.435 e. The molecule has 6 nitrogen and oxygen atoms in total. The molecule has 122 valence electrons. The molecule has 3 rings (SSSR count). The molecule has 2 heterocycles. The minimum atomic E-state index is -4.59. The van der Waals surface area contributed by atoms with E-state index < -0.39 is 11.9 Å². The van der Waals surface area contributed by atoms with Gasteiger partial charge >= 0.3 is 6.18 Å². The van der Waals surface area contributed by atoms with Gasteiger partial charge in [-0.3, -0.25) is 0 Å².